The Labute approximate surface area is 97.3 Å². The number of aryl methyl sites for hydroxylation is 1. The molecule has 0 aromatic carbocycles. The van der Waals surface area contributed by atoms with Crippen LogP contribution in [0.1, 0.15) is 32.1 Å². The van der Waals surface area contributed by atoms with Gasteiger partial charge in [0.15, 0.2) is 0 Å². The Morgan fingerprint density at radius 1 is 1.44 bits per heavy atom. The molecular formula is C10H14F2N2OS. The first-order valence-electron chi connectivity index (χ1n) is 5.18. The fourth-order valence-corrected chi connectivity index (χ4v) is 1.70. The van der Waals surface area contributed by atoms with E-state index in [9.17, 15) is 8.78 Å². The normalized spacial score (nSPS) is 10.4. The SMILES string of the molecule is CCCCc1nnc(SCCC=C(F)F)o1. The molecule has 6 heteroatoms. The molecule has 0 aliphatic heterocycles. The fraction of sp³-hybridized carbons (Fsp3) is 0.600. The first kappa shape index (κ1) is 13.2. The fourth-order valence-electron chi connectivity index (χ4n) is 1.04. The highest BCUT2D eigenvalue weighted by molar-refractivity contribution is 7.99. The molecule has 3 nitrogen and oxygen atoms in total. The molecule has 1 aromatic heterocycles. The Bertz CT molecular complexity index is 337. The number of unbranched alkanes of at least 4 members (excludes halogenated alkanes) is 1. The number of hydrogen-bond donors (Lipinski definition) is 0. The van der Waals surface area contributed by atoms with E-state index in [1.165, 1.54) is 11.8 Å². The Hall–Kier alpha value is -0.910. The van der Waals surface area contributed by atoms with Crippen LogP contribution in [0.25, 0.3) is 0 Å². The van der Waals surface area contributed by atoms with Crippen molar-refractivity contribution in [3.63, 3.8) is 0 Å². The van der Waals surface area contributed by atoms with Crippen LogP contribution in [0, 0.1) is 0 Å². The van der Waals surface area contributed by atoms with Crippen molar-refractivity contribution in [2.75, 3.05) is 5.75 Å². The van der Waals surface area contributed by atoms with E-state index >= 15 is 0 Å². The van der Waals surface area contributed by atoms with Gasteiger partial charge in [-0.05, 0) is 18.9 Å². The third-order valence-electron chi connectivity index (χ3n) is 1.83. The summed E-state index contributed by atoms with van der Waals surface area (Å²) < 4.78 is 28.7. The van der Waals surface area contributed by atoms with Crippen LogP contribution in [-0.4, -0.2) is 16.0 Å². The summed E-state index contributed by atoms with van der Waals surface area (Å²) in [6, 6.07) is 0. The molecule has 0 bridgehead atoms. The van der Waals surface area contributed by atoms with Crippen molar-refractivity contribution in [3.05, 3.63) is 18.0 Å². The second-order valence-corrected chi connectivity index (χ2v) is 4.24. The van der Waals surface area contributed by atoms with Gasteiger partial charge in [0.05, 0.1) is 0 Å². The van der Waals surface area contributed by atoms with Crippen molar-refractivity contribution in [1.82, 2.24) is 10.2 Å². The smallest absolute Gasteiger partial charge is 0.276 e. The summed E-state index contributed by atoms with van der Waals surface area (Å²) in [5.74, 6) is 1.14. The van der Waals surface area contributed by atoms with Crippen molar-refractivity contribution in [2.45, 2.75) is 37.8 Å². The van der Waals surface area contributed by atoms with Crippen LogP contribution < -0.4 is 0 Å². The lowest BCUT2D eigenvalue weighted by Crippen LogP contribution is -1.83. The van der Waals surface area contributed by atoms with Gasteiger partial charge in [-0.1, -0.05) is 25.1 Å². The lowest BCUT2D eigenvalue weighted by molar-refractivity contribution is 0.408. The van der Waals surface area contributed by atoms with Gasteiger partial charge in [0, 0.05) is 12.2 Å². The number of allylic oxidation sites excluding steroid dienone is 1. The van der Waals surface area contributed by atoms with E-state index in [2.05, 4.69) is 17.1 Å². The van der Waals surface area contributed by atoms with E-state index in [1.54, 1.807) is 0 Å². The number of rotatable bonds is 7. The zero-order valence-corrected chi connectivity index (χ0v) is 9.90. The van der Waals surface area contributed by atoms with Gasteiger partial charge in [0.1, 0.15) is 0 Å². The van der Waals surface area contributed by atoms with Gasteiger partial charge in [-0.3, -0.25) is 0 Å². The maximum Gasteiger partial charge on any atom is 0.276 e. The first-order valence-corrected chi connectivity index (χ1v) is 6.17. The molecule has 0 aliphatic carbocycles. The average Bonchev–Trinajstić information content (AvgIpc) is 2.69. The molecule has 1 aromatic rings. The molecule has 90 valence electrons. The van der Waals surface area contributed by atoms with Crippen LogP contribution in [0.15, 0.2) is 21.8 Å². The van der Waals surface area contributed by atoms with Crippen LogP contribution in [0.3, 0.4) is 0 Å². The summed E-state index contributed by atoms with van der Waals surface area (Å²) in [6.45, 7) is 2.09. The average molecular weight is 248 g/mol. The van der Waals surface area contributed by atoms with Crippen LogP contribution in [-0.2, 0) is 6.42 Å². The van der Waals surface area contributed by atoms with Crippen molar-refractivity contribution >= 4 is 11.8 Å². The summed E-state index contributed by atoms with van der Waals surface area (Å²) in [4.78, 5) is 0. The third-order valence-corrected chi connectivity index (χ3v) is 2.69. The Morgan fingerprint density at radius 2 is 2.25 bits per heavy atom. The number of hydrogen-bond acceptors (Lipinski definition) is 4. The van der Waals surface area contributed by atoms with E-state index in [4.69, 9.17) is 4.42 Å². The standard InChI is InChI=1S/C10H14F2N2OS/c1-2-3-6-9-13-14-10(15-9)16-7-4-5-8(11)12/h5H,2-4,6-7H2,1H3. The predicted molar refractivity (Wildman–Crippen MR) is 58.6 cm³/mol. The zero-order chi connectivity index (χ0) is 11.8. The van der Waals surface area contributed by atoms with E-state index in [-0.39, 0.29) is 0 Å². The van der Waals surface area contributed by atoms with Crippen LogP contribution in [0.4, 0.5) is 8.78 Å². The van der Waals surface area contributed by atoms with Crippen molar-refractivity contribution in [2.24, 2.45) is 0 Å². The summed E-state index contributed by atoms with van der Waals surface area (Å²) in [5.41, 5.74) is 0. The largest absolute Gasteiger partial charge is 0.416 e. The van der Waals surface area contributed by atoms with Crippen molar-refractivity contribution in [1.29, 1.82) is 0 Å². The lowest BCUT2D eigenvalue weighted by Gasteiger charge is -1.92. The Balaban J connectivity index is 2.26. The van der Waals surface area contributed by atoms with Gasteiger partial charge in [-0.25, -0.2) is 0 Å². The van der Waals surface area contributed by atoms with Crippen LogP contribution in [0.5, 0.6) is 0 Å². The summed E-state index contributed by atoms with van der Waals surface area (Å²) in [5, 5.41) is 8.15. The van der Waals surface area contributed by atoms with Gasteiger partial charge in [-0.2, -0.15) is 8.78 Å². The zero-order valence-electron chi connectivity index (χ0n) is 9.08. The molecule has 0 unspecified atom stereocenters. The molecule has 0 amide bonds. The molecule has 0 spiro atoms. The minimum absolute atomic E-state index is 0.305. The van der Waals surface area contributed by atoms with Gasteiger partial charge >= 0.3 is 0 Å². The minimum Gasteiger partial charge on any atom is -0.416 e. The molecule has 0 radical (unpaired) electrons. The highest BCUT2D eigenvalue weighted by Gasteiger charge is 2.05. The van der Waals surface area contributed by atoms with E-state index < -0.39 is 6.08 Å². The van der Waals surface area contributed by atoms with Crippen molar-refractivity contribution < 1.29 is 13.2 Å². The molecule has 1 heterocycles. The topological polar surface area (TPSA) is 38.9 Å². The molecule has 0 atom stereocenters. The van der Waals surface area contributed by atoms with E-state index in [1.807, 2.05) is 0 Å². The van der Waals surface area contributed by atoms with Gasteiger partial charge in [0.2, 0.25) is 5.89 Å². The third kappa shape index (κ3) is 5.25. The van der Waals surface area contributed by atoms with Crippen molar-refractivity contribution in [3.8, 4) is 0 Å². The number of halogens is 2. The summed E-state index contributed by atoms with van der Waals surface area (Å²) in [6.07, 6.45) is 2.42. The minimum atomic E-state index is -1.64. The molecule has 1 rings (SSSR count). The van der Waals surface area contributed by atoms with Crippen LogP contribution in [0.2, 0.25) is 0 Å². The van der Waals surface area contributed by atoms with Gasteiger partial charge < -0.3 is 4.42 Å². The Morgan fingerprint density at radius 3 is 2.94 bits per heavy atom. The lowest BCUT2D eigenvalue weighted by atomic mass is 10.2. The molecule has 0 N–H and O–H groups in total. The molecule has 0 saturated carbocycles. The van der Waals surface area contributed by atoms with Crippen LogP contribution >= 0.6 is 11.8 Å². The summed E-state index contributed by atoms with van der Waals surface area (Å²) >= 11 is 1.30. The van der Waals surface area contributed by atoms with Gasteiger partial charge in [-0.15, -0.1) is 10.2 Å². The quantitative estimate of drug-likeness (QED) is 0.545. The summed E-state index contributed by atoms with van der Waals surface area (Å²) in [7, 11) is 0. The first-order chi connectivity index (χ1) is 7.72. The second kappa shape index (κ2) is 7.38. The molecule has 16 heavy (non-hydrogen) atoms. The molecular weight excluding hydrogens is 234 g/mol. The number of aromatic nitrogens is 2. The highest BCUT2D eigenvalue weighted by Crippen LogP contribution is 2.18. The molecule has 0 aliphatic rings. The second-order valence-electron chi connectivity index (χ2n) is 3.20. The highest BCUT2D eigenvalue weighted by atomic mass is 32.2. The predicted octanol–water partition coefficient (Wildman–Crippen LogP) is 3.67. The van der Waals surface area contributed by atoms with E-state index in [0.717, 1.165) is 25.3 Å². The molecule has 0 saturated heterocycles. The number of nitrogens with zero attached hydrogens (tertiary/aromatic N) is 2. The van der Waals surface area contributed by atoms with Gasteiger partial charge in [0.25, 0.3) is 11.3 Å². The maximum absolute atomic E-state index is 11.7. The number of thioether (sulfide) groups is 1. The maximum atomic E-state index is 11.7. The van der Waals surface area contributed by atoms with E-state index in [0.29, 0.717) is 23.3 Å². The Kier molecular flexibility index (Phi) is 6.07. The molecule has 0 fully saturated rings. The monoisotopic (exact) mass is 248 g/mol.